The van der Waals surface area contributed by atoms with Crippen molar-refractivity contribution < 1.29 is 9.53 Å². The number of carbonyl (C=O) groups is 1. The van der Waals surface area contributed by atoms with E-state index in [0.29, 0.717) is 12.1 Å². The Labute approximate surface area is 165 Å². The lowest BCUT2D eigenvalue weighted by molar-refractivity contribution is 0.0954. The Morgan fingerprint density at radius 3 is 2.79 bits per heavy atom. The fourth-order valence-electron chi connectivity index (χ4n) is 3.67. The monoisotopic (exact) mass is 375 g/mol. The van der Waals surface area contributed by atoms with Crippen LogP contribution in [0.5, 0.6) is 5.75 Å². The Hall–Kier alpha value is -3.08. The summed E-state index contributed by atoms with van der Waals surface area (Å²) in [6.07, 6.45) is 9.96. The van der Waals surface area contributed by atoms with Crippen molar-refractivity contribution in [3.63, 3.8) is 0 Å². The van der Waals surface area contributed by atoms with E-state index in [2.05, 4.69) is 16.4 Å². The van der Waals surface area contributed by atoms with Gasteiger partial charge in [-0.05, 0) is 74.6 Å². The van der Waals surface area contributed by atoms with Gasteiger partial charge < -0.3 is 10.1 Å². The van der Waals surface area contributed by atoms with Crippen LogP contribution in [0.15, 0.2) is 60.4 Å². The summed E-state index contributed by atoms with van der Waals surface area (Å²) in [4.78, 5) is 17.0. The number of carbonyl (C=O) groups excluding carboxylic acids is 1. The maximum atomic E-state index is 12.5. The minimum absolute atomic E-state index is 0.0442. The van der Waals surface area contributed by atoms with E-state index in [1.54, 1.807) is 13.4 Å². The molecule has 5 nitrogen and oxygen atoms in total. The molecule has 1 heterocycles. The van der Waals surface area contributed by atoms with E-state index in [1.807, 2.05) is 47.0 Å². The van der Waals surface area contributed by atoms with Gasteiger partial charge in [0.1, 0.15) is 12.1 Å². The number of imidazole rings is 1. The number of rotatable bonds is 6. The Balaban J connectivity index is 1.45. The highest BCUT2D eigenvalue weighted by Gasteiger charge is 2.11. The second kappa shape index (κ2) is 8.30. The molecule has 0 spiro atoms. The molecule has 1 aliphatic rings. The molecule has 144 valence electrons. The zero-order valence-corrected chi connectivity index (χ0v) is 16.1. The molecule has 0 atom stereocenters. The second-order valence-corrected chi connectivity index (χ2v) is 7.13. The summed E-state index contributed by atoms with van der Waals surface area (Å²) >= 11 is 0. The quantitative estimate of drug-likeness (QED) is 0.638. The van der Waals surface area contributed by atoms with Crippen LogP contribution in [-0.4, -0.2) is 29.1 Å². The molecule has 0 saturated carbocycles. The molecule has 5 heteroatoms. The number of fused-ring (bicyclic) bond motifs is 1. The summed E-state index contributed by atoms with van der Waals surface area (Å²) in [5.41, 5.74) is 4.89. The van der Waals surface area contributed by atoms with Gasteiger partial charge in [-0.3, -0.25) is 9.36 Å². The van der Waals surface area contributed by atoms with Gasteiger partial charge in [0.15, 0.2) is 0 Å². The molecule has 4 rings (SSSR count). The highest BCUT2D eigenvalue weighted by atomic mass is 16.5. The first-order valence-electron chi connectivity index (χ1n) is 9.82. The summed E-state index contributed by atoms with van der Waals surface area (Å²) in [5.74, 6) is 0.772. The third kappa shape index (κ3) is 3.93. The summed E-state index contributed by atoms with van der Waals surface area (Å²) < 4.78 is 7.22. The lowest BCUT2D eigenvalue weighted by Gasteiger charge is -2.13. The normalized spacial score (nSPS) is 14.0. The maximum absolute atomic E-state index is 12.5. The van der Waals surface area contributed by atoms with Crippen LogP contribution >= 0.6 is 0 Å². The molecule has 0 bridgehead atoms. The van der Waals surface area contributed by atoms with Crippen LogP contribution in [0.3, 0.4) is 0 Å². The molecule has 0 fully saturated rings. The molecular weight excluding hydrogens is 350 g/mol. The average Bonchev–Trinajstić information content (AvgIpc) is 3.18. The van der Waals surface area contributed by atoms with E-state index in [4.69, 9.17) is 4.74 Å². The molecule has 3 aromatic rings. The summed E-state index contributed by atoms with van der Waals surface area (Å²) in [7, 11) is 1.65. The second-order valence-electron chi connectivity index (χ2n) is 7.13. The number of hydrogen-bond donors (Lipinski definition) is 1. The van der Waals surface area contributed by atoms with Crippen LogP contribution in [-0.2, 0) is 0 Å². The number of allylic oxidation sites excluding steroid dienone is 1. The number of nitrogens with zero attached hydrogens (tertiary/aromatic N) is 2. The molecule has 1 aromatic heterocycles. The highest BCUT2D eigenvalue weighted by molar-refractivity contribution is 5.97. The zero-order valence-electron chi connectivity index (χ0n) is 16.1. The molecule has 0 unspecified atom stereocenters. The van der Waals surface area contributed by atoms with Crippen LogP contribution in [0.25, 0.3) is 16.7 Å². The highest BCUT2D eigenvalue weighted by Crippen LogP contribution is 2.22. The number of ether oxygens (including phenoxy) is 1. The average molecular weight is 375 g/mol. The molecular formula is C23H25N3O2. The fraction of sp³-hybridized carbons (Fsp3) is 0.304. The smallest absolute Gasteiger partial charge is 0.251 e. The number of aromatic nitrogens is 2. The Kier molecular flexibility index (Phi) is 5.42. The molecule has 28 heavy (non-hydrogen) atoms. The zero-order chi connectivity index (χ0) is 19.3. The Morgan fingerprint density at radius 1 is 1.18 bits per heavy atom. The van der Waals surface area contributed by atoms with Crippen molar-refractivity contribution in [2.45, 2.75) is 32.1 Å². The van der Waals surface area contributed by atoms with Gasteiger partial charge in [0, 0.05) is 17.8 Å². The molecule has 0 aliphatic heterocycles. The van der Waals surface area contributed by atoms with Gasteiger partial charge in [0.25, 0.3) is 5.91 Å². The van der Waals surface area contributed by atoms with Gasteiger partial charge in [-0.1, -0.05) is 11.6 Å². The van der Waals surface area contributed by atoms with Crippen molar-refractivity contribution in [2.75, 3.05) is 13.7 Å². The van der Waals surface area contributed by atoms with Crippen LogP contribution in [0, 0.1) is 0 Å². The van der Waals surface area contributed by atoms with E-state index >= 15 is 0 Å². The van der Waals surface area contributed by atoms with Gasteiger partial charge in [-0.15, -0.1) is 0 Å². The molecule has 1 aliphatic carbocycles. The topological polar surface area (TPSA) is 56.2 Å². The third-order valence-electron chi connectivity index (χ3n) is 5.28. The molecule has 0 saturated heterocycles. The van der Waals surface area contributed by atoms with Crippen LogP contribution in [0.1, 0.15) is 42.5 Å². The van der Waals surface area contributed by atoms with Gasteiger partial charge in [-0.25, -0.2) is 4.98 Å². The molecule has 1 N–H and O–H groups in total. The predicted octanol–water partition coefficient (Wildman–Crippen LogP) is 4.65. The van der Waals surface area contributed by atoms with E-state index in [1.165, 1.54) is 31.3 Å². The van der Waals surface area contributed by atoms with E-state index in [9.17, 15) is 4.79 Å². The van der Waals surface area contributed by atoms with Crippen molar-refractivity contribution in [2.24, 2.45) is 0 Å². The van der Waals surface area contributed by atoms with Gasteiger partial charge in [0.05, 0.1) is 18.1 Å². The minimum Gasteiger partial charge on any atom is -0.497 e. The van der Waals surface area contributed by atoms with Gasteiger partial charge >= 0.3 is 0 Å². The van der Waals surface area contributed by atoms with E-state index in [0.717, 1.165) is 28.9 Å². The number of amides is 1. The summed E-state index contributed by atoms with van der Waals surface area (Å²) in [6, 6.07) is 13.5. The van der Waals surface area contributed by atoms with Crippen molar-refractivity contribution in [3.8, 4) is 11.4 Å². The van der Waals surface area contributed by atoms with Crippen molar-refractivity contribution in [1.29, 1.82) is 0 Å². The van der Waals surface area contributed by atoms with Gasteiger partial charge in [0.2, 0.25) is 0 Å². The lowest BCUT2D eigenvalue weighted by atomic mass is 9.97. The third-order valence-corrected chi connectivity index (χ3v) is 5.28. The Bertz CT molecular complexity index is 1000. The summed E-state index contributed by atoms with van der Waals surface area (Å²) in [5, 5.41) is 3.03. The number of hydrogen-bond acceptors (Lipinski definition) is 3. The largest absolute Gasteiger partial charge is 0.497 e. The first-order valence-corrected chi connectivity index (χ1v) is 9.82. The Morgan fingerprint density at radius 2 is 2.04 bits per heavy atom. The van der Waals surface area contributed by atoms with Crippen molar-refractivity contribution in [3.05, 3.63) is 66.0 Å². The minimum atomic E-state index is -0.0442. The molecule has 0 radical (unpaired) electrons. The predicted molar refractivity (Wildman–Crippen MR) is 111 cm³/mol. The first-order chi connectivity index (χ1) is 13.7. The van der Waals surface area contributed by atoms with Crippen LogP contribution in [0.4, 0.5) is 0 Å². The first kappa shape index (κ1) is 18.3. The van der Waals surface area contributed by atoms with Crippen LogP contribution in [0.2, 0.25) is 0 Å². The standard InChI is InChI=1S/C23H25N3O2/c1-28-20-10-8-19(9-11-20)26-16-25-21-15-18(7-12-22(21)26)23(27)24-14-13-17-5-3-2-4-6-17/h5,7-12,15-16H,2-4,6,13-14H2,1H3,(H,24,27). The lowest BCUT2D eigenvalue weighted by Crippen LogP contribution is -2.24. The van der Waals surface area contributed by atoms with E-state index in [-0.39, 0.29) is 5.91 Å². The summed E-state index contributed by atoms with van der Waals surface area (Å²) in [6.45, 7) is 0.684. The van der Waals surface area contributed by atoms with Crippen molar-refractivity contribution >= 4 is 16.9 Å². The van der Waals surface area contributed by atoms with Gasteiger partial charge in [-0.2, -0.15) is 0 Å². The number of benzene rings is 2. The number of methoxy groups -OCH3 is 1. The van der Waals surface area contributed by atoms with Crippen molar-refractivity contribution in [1.82, 2.24) is 14.9 Å². The fourth-order valence-corrected chi connectivity index (χ4v) is 3.67. The van der Waals surface area contributed by atoms with E-state index < -0.39 is 0 Å². The van der Waals surface area contributed by atoms with Crippen LogP contribution < -0.4 is 10.1 Å². The molecule has 2 aromatic carbocycles. The maximum Gasteiger partial charge on any atom is 0.251 e. The SMILES string of the molecule is COc1ccc(-n2cnc3cc(C(=O)NCCC4=CCCCC4)ccc32)cc1. The number of nitrogens with one attached hydrogen (secondary N) is 1. The molecule has 1 amide bonds.